The van der Waals surface area contributed by atoms with Crippen LogP contribution in [0.5, 0.6) is 5.75 Å². The van der Waals surface area contributed by atoms with Crippen molar-refractivity contribution < 1.29 is 4.74 Å². The molecule has 0 bridgehead atoms. The smallest absolute Gasteiger partial charge is 0.119 e. The lowest BCUT2D eigenvalue weighted by atomic mass is 10.1. The number of halogens is 1. The summed E-state index contributed by atoms with van der Waals surface area (Å²) >= 11 is 5.93. The Kier molecular flexibility index (Phi) is 4.83. The van der Waals surface area contributed by atoms with Crippen molar-refractivity contribution in [2.45, 2.75) is 26.0 Å². The fourth-order valence-electron chi connectivity index (χ4n) is 1.84. The highest BCUT2D eigenvalue weighted by Crippen LogP contribution is 2.19. The summed E-state index contributed by atoms with van der Waals surface area (Å²) < 4.78 is 5.72. The van der Waals surface area contributed by atoms with Gasteiger partial charge in [-0.1, -0.05) is 42.8 Å². The van der Waals surface area contributed by atoms with Gasteiger partial charge in [-0.15, -0.1) is 0 Å². The molecule has 0 spiro atoms. The molecule has 3 heteroatoms. The second-order valence-electron chi connectivity index (χ2n) is 4.50. The van der Waals surface area contributed by atoms with Crippen molar-refractivity contribution >= 4 is 11.6 Å². The van der Waals surface area contributed by atoms with Crippen molar-refractivity contribution in [1.29, 1.82) is 0 Å². The molecule has 19 heavy (non-hydrogen) atoms. The van der Waals surface area contributed by atoms with Crippen LogP contribution in [0.3, 0.4) is 0 Å². The van der Waals surface area contributed by atoms with E-state index in [1.54, 1.807) is 0 Å². The zero-order valence-corrected chi connectivity index (χ0v) is 11.7. The molecule has 2 rings (SSSR count). The van der Waals surface area contributed by atoms with Crippen LogP contribution in [0.15, 0.2) is 48.5 Å². The normalized spacial score (nSPS) is 12.2. The highest BCUT2D eigenvalue weighted by Gasteiger charge is 2.03. The molecular formula is C16H18ClNO. The third kappa shape index (κ3) is 3.98. The zero-order valence-electron chi connectivity index (χ0n) is 11.0. The van der Waals surface area contributed by atoms with E-state index in [1.807, 2.05) is 48.5 Å². The number of hydrogen-bond acceptors (Lipinski definition) is 2. The van der Waals surface area contributed by atoms with Crippen LogP contribution in [0.4, 0.5) is 0 Å². The minimum atomic E-state index is 0.0991. The molecule has 0 aliphatic rings. The van der Waals surface area contributed by atoms with E-state index in [0.717, 1.165) is 28.3 Å². The Morgan fingerprint density at radius 3 is 2.53 bits per heavy atom. The van der Waals surface area contributed by atoms with Crippen LogP contribution in [0.25, 0.3) is 0 Å². The Morgan fingerprint density at radius 2 is 1.89 bits per heavy atom. The van der Waals surface area contributed by atoms with Gasteiger partial charge in [-0.2, -0.15) is 0 Å². The second-order valence-corrected chi connectivity index (χ2v) is 4.94. The van der Waals surface area contributed by atoms with Gasteiger partial charge in [0.1, 0.15) is 12.4 Å². The molecule has 0 saturated heterocycles. The monoisotopic (exact) mass is 275 g/mol. The number of hydrogen-bond donors (Lipinski definition) is 1. The first-order valence-electron chi connectivity index (χ1n) is 6.42. The summed E-state index contributed by atoms with van der Waals surface area (Å²) in [7, 11) is 0. The average Bonchev–Trinajstić information content (AvgIpc) is 2.45. The highest BCUT2D eigenvalue weighted by atomic mass is 35.5. The molecule has 2 N–H and O–H groups in total. The predicted molar refractivity (Wildman–Crippen MR) is 79.4 cm³/mol. The first-order chi connectivity index (χ1) is 9.19. The Labute approximate surface area is 119 Å². The third-order valence-corrected chi connectivity index (χ3v) is 3.28. The number of nitrogens with two attached hydrogens (primary N) is 1. The summed E-state index contributed by atoms with van der Waals surface area (Å²) in [5, 5.41) is 0.727. The Balaban J connectivity index is 1.96. The van der Waals surface area contributed by atoms with E-state index in [9.17, 15) is 0 Å². The number of benzene rings is 2. The fraction of sp³-hybridized carbons (Fsp3) is 0.250. The van der Waals surface area contributed by atoms with E-state index in [-0.39, 0.29) is 6.04 Å². The van der Waals surface area contributed by atoms with Gasteiger partial charge in [-0.25, -0.2) is 0 Å². The molecule has 0 fully saturated rings. The Bertz CT molecular complexity index is 525. The van der Waals surface area contributed by atoms with Gasteiger partial charge < -0.3 is 10.5 Å². The van der Waals surface area contributed by atoms with E-state index in [1.165, 1.54) is 0 Å². The first kappa shape index (κ1) is 13.9. The maximum Gasteiger partial charge on any atom is 0.119 e. The largest absolute Gasteiger partial charge is 0.489 e. The SMILES string of the molecule is CCC(N)c1ccc(OCc2cccc(Cl)c2)cc1. The molecule has 0 aliphatic heterocycles. The van der Waals surface area contributed by atoms with Gasteiger partial charge in [-0.05, 0) is 41.8 Å². The Morgan fingerprint density at radius 1 is 1.16 bits per heavy atom. The molecule has 1 unspecified atom stereocenters. The molecule has 100 valence electrons. The number of ether oxygens (including phenoxy) is 1. The summed E-state index contributed by atoms with van der Waals surface area (Å²) in [4.78, 5) is 0. The van der Waals surface area contributed by atoms with Gasteiger partial charge >= 0.3 is 0 Å². The maximum atomic E-state index is 5.97. The van der Waals surface area contributed by atoms with Crippen LogP contribution in [-0.4, -0.2) is 0 Å². The van der Waals surface area contributed by atoms with Crippen molar-refractivity contribution in [2.75, 3.05) is 0 Å². The van der Waals surface area contributed by atoms with Crippen LogP contribution >= 0.6 is 11.6 Å². The molecule has 0 heterocycles. The molecule has 0 radical (unpaired) electrons. The molecule has 2 aromatic carbocycles. The third-order valence-electron chi connectivity index (χ3n) is 3.04. The topological polar surface area (TPSA) is 35.2 Å². The molecule has 1 atom stereocenters. The lowest BCUT2D eigenvalue weighted by molar-refractivity contribution is 0.306. The molecular weight excluding hydrogens is 258 g/mol. The van der Waals surface area contributed by atoms with Crippen LogP contribution in [0.2, 0.25) is 5.02 Å². The van der Waals surface area contributed by atoms with Crippen LogP contribution < -0.4 is 10.5 Å². The summed E-state index contributed by atoms with van der Waals surface area (Å²) in [5.74, 6) is 0.840. The van der Waals surface area contributed by atoms with E-state index in [2.05, 4.69) is 6.92 Å². The molecule has 0 aliphatic carbocycles. The fourth-order valence-corrected chi connectivity index (χ4v) is 2.05. The van der Waals surface area contributed by atoms with Crippen LogP contribution in [-0.2, 0) is 6.61 Å². The van der Waals surface area contributed by atoms with Gasteiger partial charge in [0.25, 0.3) is 0 Å². The lowest BCUT2D eigenvalue weighted by Crippen LogP contribution is -2.08. The van der Waals surface area contributed by atoms with Crippen molar-refractivity contribution in [3.05, 3.63) is 64.7 Å². The zero-order chi connectivity index (χ0) is 13.7. The highest BCUT2D eigenvalue weighted by molar-refractivity contribution is 6.30. The summed E-state index contributed by atoms with van der Waals surface area (Å²) in [6, 6.07) is 15.7. The van der Waals surface area contributed by atoms with Gasteiger partial charge in [0.15, 0.2) is 0 Å². The molecule has 2 aromatic rings. The van der Waals surface area contributed by atoms with Crippen molar-refractivity contribution in [2.24, 2.45) is 5.73 Å². The maximum absolute atomic E-state index is 5.97. The average molecular weight is 276 g/mol. The molecule has 2 nitrogen and oxygen atoms in total. The second kappa shape index (κ2) is 6.60. The van der Waals surface area contributed by atoms with Gasteiger partial charge in [0, 0.05) is 11.1 Å². The number of rotatable bonds is 5. The minimum Gasteiger partial charge on any atom is -0.489 e. The van der Waals surface area contributed by atoms with Crippen molar-refractivity contribution in [1.82, 2.24) is 0 Å². The van der Waals surface area contributed by atoms with E-state index < -0.39 is 0 Å². The summed E-state index contributed by atoms with van der Waals surface area (Å²) in [5.41, 5.74) is 8.16. The van der Waals surface area contributed by atoms with E-state index in [0.29, 0.717) is 6.61 Å². The predicted octanol–water partition coefficient (Wildman–Crippen LogP) is 4.33. The lowest BCUT2D eigenvalue weighted by Gasteiger charge is -2.11. The first-order valence-corrected chi connectivity index (χ1v) is 6.79. The van der Waals surface area contributed by atoms with Gasteiger partial charge in [0.05, 0.1) is 0 Å². The molecule has 0 amide bonds. The van der Waals surface area contributed by atoms with E-state index in [4.69, 9.17) is 22.1 Å². The summed E-state index contributed by atoms with van der Waals surface area (Å²) in [6.07, 6.45) is 0.933. The van der Waals surface area contributed by atoms with Crippen LogP contribution in [0.1, 0.15) is 30.5 Å². The standard InChI is InChI=1S/C16H18ClNO/c1-2-16(18)13-6-8-15(9-7-13)19-11-12-4-3-5-14(17)10-12/h3-10,16H,2,11,18H2,1H3. The van der Waals surface area contributed by atoms with Gasteiger partial charge in [0.2, 0.25) is 0 Å². The minimum absolute atomic E-state index is 0.0991. The molecule has 0 saturated carbocycles. The molecule has 0 aromatic heterocycles. The van der Waals surface area contributed by atoms with Crippen molar-refractivity contribution in [3.8, 4) is 5.75 Å². The van der Waals surface area contributed by atoms with E-state index >= 15 is 0 Å². The summed E-state index contributed by atoms with van der Waals surface area (Å²) in [6.45, 7) is 2.59. The Hall–Kier alpha value is -1.51. The van der Waals surface area contributed by atoms with Crippen LogP contribution in [0, 0.1) is 0 Å². The van der Waals surface area contributed by atoms with Crippen molar-refractivity contribution in [3.63, 3.8) is 0 Å². The quantitative estimate of drug-likeness (QED) is 0.881. The van der Waals surface area contributed by atoms with Gasteiger partial charge in [-0.3, -0.25) is 0 Å².